The number of nitrogens with one attached hydrogen (secondary N) is 1. The van der Waals surface area contributed by atoms with Crippen molar-refractivity contribution < 1.29 is 27.1 Å². The molecule has 1 aromatic rings. The number of carbonyl (C=O) groups is 1. The number of hydrogen-bond acceptors (Lipinski definition) is 5. The first kappa shape index (κ1) is 16.8. The summed E-state index contributed by atoms with van der Waals surface area (Å²) in [5.74, 6) is -4.95. The van der Waals surface area contributed by atoms with E-state index in [-0.39, 0.29) is 6.54 Å². The van der Waals surface area contributed by atoms with Gasteiger partial charge in [-0.25, -0.2) is 8.78 Å². The lowest BCUT2D eigenvalue weighted by Gasteiger charge is -2.14. The summed E-state index contributed by atoms with van der Waals surface area (Å²) in [6, 6.07) is 0. The molecule has 0 aromatic carbocycles. The molecule has 1 rings (SSSR count). The fraction of sp³-hybridized carbons (Fsp3) is 0.700. The van der Waals surface area contributed by atoms with Crippen molar-refractivity contribution in [3.05, 3.63) is 10.0 Å². The van der Waals surface area contributed by atoms with Crippen LogP contribution in [0.1, 0.15) is 16.9 Å². The molecule has 1 heterocycles. The number of ether oxygens (including phenoxy) is 1. The van der Waals surface area contributed by atoms with E-state index in [2.05, 4.69) is 20.3 Å². The van der Waals surface area contributed by atoms with Gasteiger partial charge in [0, 0.05) is 0 Å². The molecule has 0 radical (unpaired) electrons. The van der Waals surface area contributed by atoms with E-state index in [1.807, 2.05) is 6.92 Å². The van der Waals surface area contributed by atoms with Crippen LogP contribution in [-0.2, 0) is 22.5 Å². The summed E-state index contributed by atoms with van der Waals surface area (Å²) in [4.78, 5) is 11.2. The van der Waals surface area contributed by atoms with Crippen molar-refractivity contribution in [2.45, 2.75) is 32.2 Å². The highest BCUT2D eigenvalue weighted by Gasteiger charge is 2.41. The van der Waals surface area contributed by atoms with Crippen molar-refractivity contribution >= 4 is 17.2 Å². The Bertz CT molecular complexity index is 442. The number of alkyl halides is 4. The number of aryl methyl sites for hydroxylation is 1. The van der Waals surface area contributed by atoms with E-state index in [9.17, 15) is 22.4 Å². The van der Waals surface area contributed by atoms with E-state index < -0.39 is 31.5 Å². The van der Waals surface area contributed by atoms with Crippen LogP contribution in [0.15, 0.2) is 0 Å². The summed E-state index contributed by atoms with van der Waals surface area (Å²) in [7, 11) is 0. The summed E-state index contributed by atoms with van der Waals surface area (Å²) >= 11 is 1.31. The van der Waals surface area contributed by atoms with E-state index >= 15 is 0 Å². The number of halogens is 4. The quantitative estimate of drug-likeness (QED) is 0.741. The smallest absolute Gasteiger partial charge is 0.330 e. The lowest BCUT2D eigenvalue weighted by Crippen LogP contribution is -2.35. The Kier molecular flexibility index (Phi) is 6.27. The number of amides is 1. The van der Waals surface area contributed by atoms with E-state index in [0.29, 0.717) is 5.01 Å². The van der Waals surface area contributed by atoms with Gasteiger partial charge in [0.25, 0.3) is 0 Å². The van der Waals surface area contributed by atoms with Gasteiger partial charge in [0.2, 0.25) is 5.91 Å². The van der Waals surface area contributed by atoms with Crippen molar-refractivity contribution in [3.63, 3.8) is 0 Å². The summed E-state index contributed by atoms with van der Waals surface area (Å²) in [5.41, 5.74) is 0. The highest BCUT2D eigenvalue weighted by molar-refractivity contribution is 7.11. The molecule has 114 valence electrons. The third-order valence-corrected chi connectivity index (χ3v) is 3.16. The van der Waals surface area contributed by atoms with Gasteiger partial charge in [0.15, 0.2) is 0 Å². The summed E-state index contributed by atoms with van der Waals surface area (Å²) in [6.07, 6.45) is -3.10. The molecule has 20 heavy (non-hydrogen) atoms. The third kappa shape index (κ3) is 5.37. The fourth-order valence-electron chi connectivity index (χ4n) is 1.07. The number of nitrogens with zero attached hydrogens (tertiary/aromatic N) is 2. The van der Waals surface area contributed by atoms with Crippen LogP contribution in [-0.4, -0.2) is 41.7 Å². The summed E-state index contributed by atoms with van der Waals surface area (Å²) in [6.45, 7) is -0.233. The van der Waals surface area contributed by atoms with Gasteiger partial charge in [-0.15, -0.1) is 10.2 Å². The highest BCUT2D eigenvalue weighted by atomic mass is 32.1. The topological polar surface area (TPSA) is 64.1 Å². The molecule has 1 aromatic heterocycles. The van der Waals surface area contributed by atoms with Gasteiger partial charge in [-0.05, 0) is 6.42 Å². The normalized spacial score (nSPS) is 11.9. The molecule has 0 spiro atoms. The zero-order valence-electron chi connectivity index (χ0n) is 10.5. The van der Waals surface area contributed by atoms with Crippen LogP contribution in [0.4, 0.5) is 17.6 Å². The number of carbonyl (C=O) groups excluding carboxylic acids is 1. The zero-order chi connectivity index (χ0) is 15.2. The second-order valence-corrected chi connectivity index (χ2v) is 4.92. The first-order chi connectivity index (χ1) is 9.35. The van der Waals surface area contributed by atoms with E-state index in [4.69, 9.17) is 0 Å². The standard InChI is InChI=1S/C10H13F4N3O2S/c1-2-7-16-17-8(20-7)3-15-6(18)4-19-5-10(13,14)9(11)12/h9H,2-5H2,1H3,(H,15,18). The Morgan fingerprint density at radius 2 is 2.05 bits per heavy atom. The third-order valence-electron chi connectivity index (χ3n) is 2.09. The second kappa shape index (κ2) is 7.48. The largest absolute Gasteiger partial charge is 0.365 e. The van der Waals surface area contributed by atoms with Crippen LogP contribution >= 0.6 is 11.3 Å². The number of aromatic nitrogens is 2. The van der Waals surface area contributed by atoms with Crippen molar-refractivity contribution in [2.24, 2.45) is 0 Å². The summed E-state index contributed by atoms with van der Waals surface area (Å²) in [5, 5.41) is 11.4. The minimum Gasteiger partial charge on any atom is -0.365 e. The van der Waals surface area contributed by atoms with Crippen LogP contribution < -0.4 is 5.32 Å². The van der Waals surface area contributed by atoms with Gasteiger partial charge >= 0.3 is 12.3 Å². The lowest BCUT2D eigenvalue weighted by molar-refractivity contribution is -0.168. The Hall–Kier alpha value is -1.29. The Labute approximate surface area is 116 Å². The molecule has 0 aliphatic carbocycles. The highest BCUT2D eigenvalue weighted by Crippen LogP contribution is 2.22. The maximum Gasteiger partial charge on any atom is 0.330 e. The molecule has 0 unspecified atom stereocenters. The van der Waals surface area contributed by atoms with Crippen molar-refractivity contribution in [2.75, 3.05) is 13.2 Å². The fourth-order valence-corrected chi connectivity index (χ4v) is 1.79. The SMILES string of the molecule is CCc1nnc(CNC(=O)COCC(F)(F)C(F)F)s1. The molecule has 0 saturated carbocycles. The minimum absolute atomic E-state index is 0.0884. The molecular formula is C10H13F4N3O2S. The van der Waals surface area contributed by atoms with Gasteiger partial charge in [-0.2, -0.15) is 8.78 Å². The van der Waals surface area contributed by atoms with Crippen molar-refractivity contribution in [1.29, 1.82) is 0 Å². The second-order valence-electron chi connectivity index (χ2n) is 3.77. The molecule has 0 aliphatic heterocycles. The predicted octanol–water partition coefficient (Wildman–Crippen LogP) is 1.63. The van der Waals surface area contributed by atoms with E-state index in [0.717, 1.165) is 11.4 Å². The van der Waals surface area contributed by atoms with Crippen LogP contribution in [0.5, 0.6) is 0 Å². The van der Waals surface area contributed by atoms with Crippen molar-refractivity contribution in [3.8, 4) is 0 Å². The predicted molar refractivity (Wildman–Crippen MR) is 62.9 cm³/mol. The molecule has 0 atom stereocenters. The molecule has 1 N–H and O–H groups in total. The average molecular weight is 315 g/mol. The maximum atomic E-state index is 12.5. The van der Waals surface area contributed by atoms with Crippen LogP contribution in [0.2, 0.25) is 0 Å². The first-order valence-electron chi connectivity index (χ1n) is 5.66. The molecule has 10 heteroatoms. The van der Waals surface area contributed by atoms with E-state index in [1.54, 1.807) is 0 Å². The Morgan fingerprint density at radius 3 is 2.60 bits per heavy atom. The van der Waals surface area contributed by atoms with Gasteiger partial charge in [-0.1, -0.05) is 18.3 Å². The monoisotopic (exact) mass is 315 g/mol. The molecule has 0 aliphatic rings. The van der Waals surface area contributed by atoms with Crippen LogP contribution in [0.25, 0.3) is 0 Å². The van der Waals surface area contributed by atoms with Gasteiger partial charge in [0.05, 0.1) is 6.54 Å². The van der Waals surface area contributed by atoms with E-state index in [1.165, 1.54) is 11.3 Å². The zero-order valence-corrected chi connectivity index (χ0v) is 11.4. The van der Waals surface area contributed by atoms with Gasteiger partial charge < -0.3 is 10.1 Å². The Balaban J connectivity index is 2.24. The molecule has 0 bridgehead atoms. The van der Waals surface area contributed by atoms with Gasteiger partial charge in [-0.3, -0.25) is 4.79 Å². The van der Waals surface area contributed by atoms with Crippen molar-refractivity contribution in [1.82, 2.24) is 15.5 Å². The first-order valence-corrected chi connectivity index (χ1v) is 6.48. The Morgan fingerprint density at radius 1 is 1.40 bits per heavy atom. The molecule has 5 nitrogen and oxygen atoms in total. The number of rotatable bonds is 8. The molecule has 1 amide bonds. The minimum atomic E-state index is -4.25. The molecule has 0 saturated heterocycles. The molecule has 0 fully saturated rings. The maximum absolute atomic E-state index is 12.5. The number of hydrogen-bond donors (Lipinski definition) is 1. The van der Waals surface area contributed by atoms with Gasteiger partial charge in [0.1, 0.15) is 23.2 Å². The summed E-state index contributed by atoms with van der Waals surface area (Å²) < 4.78 is 52.8. The average Bonchev–Trinajstić information content (AvgIpc) is 2.84. The van der Waals surface area contributed by atoms with Crippen LogP contribution in [0, 0.1) is 0 Å². The lowest BCUT2D eigenvalue weighted by atomic mass is 10.4. The van der Waals surface area contributed by atoms with Crippen LogP contribution in [0.3, 0.4) is 0 Å². The molecular weight excluding hydrogens is 302 g/mol.